The zero-order valence-electron chi connectivity index (χ0n) is 11.7. The summed E-state index contributed by atoms with van der Waals surface area (Å²) in [6.07, 6.45) is 0.514. The molecule has 0 saturated carbocycles. The molecule has 1 N–H and O–H groups in total. The van der Waals surface area contributed by atoms with Crippen molar-refractivity contribution in [1.29, 1.82) is 0 Å². The molecule has 0 amide bonds. The summed E-state index contributed by atoms with van der Waals surface area (Å²) in [5.74, 6) is 0.164. The van der Waals surface area contributed by atoms with E-state index in [1.165, 1.54) is 4.57 Å². The van der Waals surface area contributed by atoms with Gasteiger partial charge in [-0.25, -0.2) is 9.55 Å². The Morgan fingerprint density at radius 1 is 1.00 bits per heavy atom. The second-order valence-corrected chi connectivity index (χ2v) is 5.21. The molecule has 0 radical (unpaired) electrons. The minimum absolute atomic E-state index is 0.303. The molecule has 4 rings (SSSR count). The fourth-order valence-corrected chi connectivity index (χ4v) is 2.81. The van der Waals surface area contributed by atoms with Crippen molar-refractivity contribution in [2.24, 2.45) is 0 Å². The molecule has 1 aromatic heterocycles. The molecule has 2 aromatic carbocycles. The van der Waals surface area contributed by atoms with Crippen molar-refractivity contribution in [1.82, 2.24) is 9.55 Å². The molecule has 5 nitrogen and oxygen atoms in total. The van der Waals surface area contributed by atoms with Crippen LogP contribution in [-0.2, 0) is 6.42 Å². The fourth-order valence-electron chi connectivity index (χ4n) is 2.81. The van der Waals surface area contributed by atoms with Crippen LogP contribution < -0.4 is 10.9 Å². The molecule has 0 fully saturated rings. The topological polar surface area (TPSA) is 64.0 Å². The van der Waals surface area contributed by atoms with Gasteiger partial charge in [-0.3, -0.25) is 9.59 Å². The second-order valence-electron chi connectivity index (χ2n) is 5.21. The van der Waals surface area contributed by atoms with E-state index in [2.05, 4.69) is 10.3 Å². The zero-order valence-corrected chi connectivity index (χ0v) is 11.7. The maximum atomic E-state index is 12.8. The number of benzene rings is 2. The molecular formula is C17H13N3O2. The van der Waals surface area contributed by atoms with E-state index in [4.69, 9.17) is 0 Å². The highest BCUT2D eigenvalue weighted by Gasteiger charge is 2.22. The first-order chi connectivity index (χ1) is 10.8. The maximum absolute atomic E-state index is 12.8. The summed E-state index contributed by atoms with van der Waals surface area (Å²) in [7, 11) is 0. The molecule has 2 heterocycles. The van der Waals surface area contributed by atoms with E-state index in [0.717, 1.165) is 5.69 Å². The molecule has 1 aliphatic rings. The minimum Gasteiger partial charge on any atom is -0.384 e. The summed E-state index contributed by atoms with van der Waals surface area (Å²) in [5.41, 5.74) is 1.56. The molecular weight excluding hydrogens is 278 g/mol. The number of hydrogen-bond acceptors (Lipinski definition) is 4. The van der Waals surface area contributed by atoms with Crippen molar-refractivity contribution < 1.29 is 4.79 Å². The third-order valence-corrected chi connectivity index (χ3v) is 3.87. The van der Waals surface area contributed by atoms with E-state index in [-0.39, 0.29) is 11.5 Å². The lowest BCUT2D eigenvalue weighted by Crippen LogP contribution is -2.34. The van der Waals surface area contributed by atoms with Gasteiger partial charge in [0, 0.05) is 18.7 Å². The van der Waals surface area contributed by atoms with E-state index < -0.39 is 0 Å². The van der Waals surface area contributed by atoms with Gasteiger partial charge in [0.15, 0.2) is 0 Å². The van der Waals surface area contributed by atoms with Crippen LogP contribution in [0.4, 0.5) is 5.69 Å². The van der Waals surface area contributed by atoms with Gasteiger partial charge in [0.25, 0.3) is 11.5 Å². The van der Waals surface area contributed by atoms with Crippen LogP contribution in [0.15, 0.2) is 53.3 Å². The van der Waals surface area contributed by atoms with Crippen LogP contribution in [0.25, 0.3) is 10.9 Å². The van der Waals surface area contributed by atoms with Crippen LogP contribution in [0, 0.1) is 0 Å². The van der Waals surface area contributed by atoms with Gasteiger partial charge >= 0.3 is 0 Å². The monoisotopic (exact) mass is 291 g/mol. The Labute approximate surface area is 126 Å². The number of para-hydroxylation sites is 2. The molecule has 22 heavy (non-hydrogen) atoms. The lowest BCUT2D eigenvalue weighted by atomic mass is 10.1. The van der Waals surface area contributed by atoms with Crippen LogP contribution >= 0.6 is 0 Å². The van der Waals surface area contributed by atoms with Crippen LogP contribution in [0.3, 0.4) is 0 Å². The van der Waals surface area contributed by atoms with Gasteiger partial charge in [-0.15, -0.1) is 0 Å². The molecule has 0 aliphatic carbocycles. The number of hydrogen-bond donors (Lipinski definition) is 1. The third kappa shape index (κ3) is 1.83. The Kier molecular flexibility index (Phi) is 2.79. The Morgan fingerprint density at radius 3 is 2.68 bits per heavy atom. The van der Waals surface area contributed by atoms with Crippen LogP contribution in [0.2, 0.25) is 0 Å². The Hall–Kier alpha value is -2.95. The van der Waals surface area contributed by atoms with Gasteiger partial charge in [0.2, 0.25) is 0 Å². The summed E-state index contributed by atoms with van der Waals surface area (Å²) in [5, 5.41) is 3.69. The van der Waals surface area contributed by atoms with E-state index in [1.807, 2.05) is 18.2 Å². The normalized spacial score (nSPS) is 13.7. The summed E-state index contributed by atoms with van der Waals surface area (Å²) in [6, 6.07) is 14.3. The maximum Gasteiger partial charge on any atom is 0.268 e. The Balaban J connectivity index is 2.05. The lowest BCUT2D eigenvalue weighted by Gasteiger charge is -2.18. The van der Waals surface area contributed by atoms with Gasteiger partial charge in [-0.05, 0) is 24.3 Å². The van der Waals surface area contributed by atoms with Crippen molar-refractivity contribution >= 4 is 22.5 Å². The Morgan fingerprint density at radius 2 is 1.77 bits per heavy atom. The van der Waals surface area contributed by atoms with E-state index in [0.29, 0.717) is 35.3 Å². The van der Waals surface area contributed by atoms with Crippen molar-refractivity contribution in [3.05, 3.63) is 70.3 Å². The molecule has 0 atom stereocenters. The highest BCUT2D eigenvalue weighted by atomic mass is 16.2. The first-order valence-corrected chi connectivity index (χ1v) is 7.14. The number of nitrogens with one attached hydrogen (secondary N) is 1. The third-order valence-electron chi connectivity index (χ3n) is 3.87. The number of rotatable bonds is 0. The Bertz CT molecular complexity index is 960. The zero-order chi connectivity index (χ0) is 15.1. The van der Waals surface area contributed by atoms with Crippen molar-refractivity contribution in [2.75, 3.05) is 11.9 Å². The standard InChI is InChI=1S/C17H13N3O2/c21-16-11-5-1-3-7-13(11)18-10-9-15-19-14-8-4-2-6-12(14)17(22)20(15)16/h1-8,18H,9-10H2. The van der Waals surface area contributed by atoms with Gasteiger partial charge in [-0.2, -0.15) is 0 Å². The predicted octanol–water partition coefficient (Wildman–Crippen LogP) is 2.05. The number of nitrogens with zero attached hydrogens (tertiary/aromatic N) is 2. The SMILES string of the molecule is O=C1c2ccccc2NCCc2nc3ccccc3c(=O)n21. The quantitative estimate of drug-likeness (QED) is 0.688. The van der Waals surface area contributed by atoms with E-state index >= 15 is 0 Å². The lowest BCUT2D eigenvalue weighted by molar-refractivity contribution is 0.0952. The molecule has 108 valence electrons. The van der Waals surface area contributed by atoms with Crippen LogP contribution in [0.5, 0.6) is 0 Å². The van der Waals surface area contributed by atoms with E-state index in [9.17, 15) is 9.59 Å². The highest BCUT2D eigenvalue weighted by molar-refractivity contribution is 6.02. The summed E-state index contributed by atoms with van der Waals surface area (Å²) < 4.78 is 1.21. The predicted molar refractivity (Wildman–Crippen MR) is 84.4 cm³/mol. The molecule has 5 heteroatoms. The average Bonchev–Trinajstić information content (AvgIpc) is 2.54. The first kappa shape index (κ1) is 12.8. The van der Waals surface area contributed by atoms with Crippen molar-refractivity contribution in [2.45, 2.75) is 6.42 Å². The summed E-state index contributed by atoms with van der Waals surface area (Å²) in [4.78, 5) is 30.1. The van der Waals surface area contributed by atoms with Gasteiger partial charge in [0.1, 0.15) is 5.82 Å². The van der Waals surface area contributed by atoms with Crippen LogP contribution in [0.1, 0.15) is 16.2 Å². The molecule has 0 unspecified atom stereocenters. The molecule has 3 aromatic rings. The van der Waals surface area contributed by atoms with Gasteiger partial charge in [-0.1, -0.05) is 24.3 Å². The minimum atomic E-state index is -0.332. The molecule has 0 bridgehead atoms. The molecule has 0 spiro atoms. The number of aromatic nitrogens is 2. The second kappa shape index (κ2) is 4.80. The average molecular weight is 291 g/mol. The molecule has 0 saturated heterocycles. The van der Waals surface area contributed by atoms with Crippen LogP contribution in [-0.4, -0.2) is 22.0 Å². The van der Waals surface area contributed by atoms with Crippen molar-refractivity contribution in [3.63, 3.8) is 0 Å². The summed E-state index contributed by atoms with van der Waals surface area (Å²) >= 11 is 0. The number of carbonyl (C=O) groups is 1. The highest BCUT2D eigenvalue weighted by Crippen LogP contribution is 2.19. The van der Waals surface area contributed by atoms with Crippen molar-refractivity contribution in [3.8, 4) is 0 Å². The number of carbonyl (C=O) groups excluding carboxylic acids is 1. The number of anilines is 1. The van der Waals surface area contributed by atoms with E-state index in [1.54, 1.807) is 30.3 Å². The number of fused-ring (bicyclic) bond motifs is 3. The fraction of sp³-hybridized carbons (Fsp3) is 0.118. The smallest absolute Gasteiger partial charge is 0.268 e. The largest absolute Gasteiger partial charge is 0.384 e. The summed E-state index contributed by atoms with van der Waals surface area (Å²) in [6.45, 7) is 0.620. The van der Waals surface area contributed by atoms with Gasteiger partial charge in [0.05, 0.1) is 16.5 Å². The first-order valence-electron chi connectivity index (χ1n) is 7.14. The molecule has 1 aliphatic heterocycles. The van der Waals surface area contributed by atoms with Gasteiger partial charge < -0.3 is 5.32 Å².